The van der Waals surface area contributed by atoms with E-state index < -0.39 is 13.2 Å². The Bertz CT molecular complexity index is 176. The van der Waals surface area contributed by atoms with E-state index in [1.54, 1.807) is 6.66 Å². The molecule has 0 fully saturated rings. The SMILES string of the molecule is [B][B]B([B])P(C)(=O)C(C)(C)C. The fourth-order valence-corrected chi connectivity index (χ4v) is 1.83. The second kappa shape index (κ2) is 3.47. The molecule has 0 N–H and O–H groups in total. The maximum atomic E-state index is 11.9. The van der Waals surface area contributed by atoms with Crippen molar-refractivity contribution in [2.24, 2.45) is 0 Å². The van der Waals surface area contributed by atoms with E-state index in [4.69, 9.17) is 15.5 Å². The normalized spacial score (nSPS) is 17.1. The van der Waals surface area contributed by atoms with Crippen molar-refractivity contribution in [1.29, 1.82) is 0 Å². The van der Waals surface area contributed by atoms with Gasteiger partial charge in [0.15, 0.2) is 0 Å². The van der Waals surface area contributed by atoms with Gasteiger partial charge in [0.1, 0.15) is 6.21 Å². The summed E-state index contributed by atoms with van der Waals surface area (Å²) in [6.07, 6.45) is -0.484. The molecule has 1 atom stereocenters. The molecule has 5 radical (unpaired) electrons. The van der Waals surface area contributed by atoms with Crippen LogP contribution in [0.5, 0.6) is 0 Å². The first kappa shape index (κ1) is 11.5. The average Bonchev–Trinajstić information content (AvgIpc) is 1.83. The molecule has 55 valence electrons. The number of hydrogen-bond acceptors (Lipinski definition) is 1. The van der Waals surface area contributed by atoms with E-state index in [-0.39, 0.29) is 5.16 Å². The molecule has 0 aliphatic heterocycles. The molecule has 11 heavy (non-hydrogen) atoms. The highest BCUT2D eigenvalue weighted by atomic mass is 31.2. The van der Waals surface area contributed by atoms with Gasteiger partial charge in [0.05, 0.1) is 0 Å². The Labute approximate surface area is 73.5 Å². The molecule has 0 bridgehead atoms. The monoisotopic (exact) mass is 163 g/mol. The lowest BCUT2D eigenvalue weighted by atomic mass is 9.18. The van der Waals surface area contributed by atoms with Gasteiger partial charge in [-0.1, -0.05) is 20.8 Å². The van der Waals surface area contributed by atoms with Gasteiger partial charge in [-0.15, -0.1) is 0 Å². The lowest BCUT2D eigenvalue weighted by Crippen LogP contribution is -2.32. The van der Waals surface area contributed by atoms with E-state index in [1.165, 1.54) is 7.06 Å². The topological polar surface area (TPSA) is 17.1 Å². The van der Waals surface area contributed by atoms with Crippen LogP contribution in [-0.4, -0.2) is 40.6 Å². The van der Waals surface area contributed by atoms with Crippen LogP contribution < -0.4 is 0 Å². The van der Waals surface area contributed by atoms with Gasteiger partial charge in [-0.05, 0) is 6.66 Å². The second-order valence-corrected chi connectivity index (χ2v) is 7.76. The van der Waals surface area contributed by atoms with Crippen molar-refractivity contribution in [1.82, 2.24) is 0 Å². The lowest BCUT2D eigenvalue weighted by Gasteiger charge is -2.32. The fraction of sp³-hybridized carbons (Fsp3) is 1.00. The van der Waals surface area contributed by atoms with Gasteiger partial charge >= 0.3 is 0 Å². The van der Waals surface area contributed by atoms with Crippen molar-refractivity contribution in [3.05, 3.63) is 0 Å². The first-order chi connectivity index (χ1) is 4.73. The van der Waals surface area contributed by atoms with Crippen LogP contribution in [0.1, 0.15) is 20.8 Å². The Balaban J connectivity index is 4.60. The van der Waals surface area contributed by atoms with Crippen LogP contribution in [0.2, 0.25) is 0 Å². The molecule has 0 rings (SSSR count). The summed E-state index contributed by atoms with van der Waals surface area (Å²) in [5.74, 6) is 0. The van der Waals surface area contributed by atoms with E-state index in [1.807, 2.05) is 20.8 Å². The maximum absolute atomic E-state index is 11.9. The molecule has 0 aromatic rings. The van der Waals surface area contributed by atoms with Gasteiger partial charge < -0.3 is 4.57 Å². The molecule has 1 nitrogen and oxygen atoms in total. The number of rotatable bonds is 2. The molecular formula is C5H12B4OP. The van der Waals surface area contributed by atoms with Gasteiger partial charge in [-0.3, -0.25) is 0 Å². The molecular weight excluding hydrogens is 150 g/mol. The van der Waals surface area contributed by atoms with Crippen LogP contribution >= 0.6 is 7.02 Å². The number of hydrogen-bond donors (Lipinski definition) is 0. The van der Waals surface area contributed by atoms with E-state index in [0.29, 0.717) is 0 Å². The zero-order chi connectivity index (χ0) is 9.28. The first-order valence-corrected chi connectivity index (χ1v) is 5.83. The van der Waals surface area contributed by atoms with Crippen molar-refractivity contribution >= 4 is 35.8 Å². The largest absolute Gasteiger partial charge is 0.335 e. The predicted octanol–water partition coefficient (Wildman–Crippen LogP) is 0.719. The third kappa shape index (κ3) is 2.47. The highest BCUT2D eigenvalue weighted by Crippen LogP contribution is 2.54. The summed E-state index contributed by atoms with van der Waals surface area (Å²) in [6, 6.07) is 0. The molecule has 0 aromatic carbocycles. The Morgan fingerprint density at radius 2 is 1.82 bits per heavy atom. The highest BCUT2D eigenvalue weighted by molar-refractivity contribution is 8.10. The third-order valence-corrected chi connectivity index (χ3v) is 6.07. The Morgan fingerprint density at radius 3 is 1.91 bits per heavy atom. The van der Waals surface area contributed by atoms with E-state index >= 15 is 0 Å². The minimum atomic E-state index is -2.37. The van der Waals surface area contributed by atoms with Gasteiger partial charge in [0.2, 0.25) is 0 Å². The summed E-state index contributed by atoms with van der Waals surface area (Å²) >= 11 is 0. The van der Waals surface area contributed by atoms with Crippen LogP contribution in [0.3, 0.4) is 0 Å². The minimum Gasteiger partial charge on any atom is -0.335 e. The molecule has 1 unspecified atom stereocenters. The first-order valence-electron chi connectivity index (χ1n) is 3.61. The molecule has 0 aliphatic rings. The minimum absolute atomic E-state index is 0.262. The van der Waals surface area contributed by atoms with Gasteiger partial charge in [0.25, 0.3) is 0 Å². The van der Waals surface area contributed by atoms with Crippen LogP contribution in [0.15, 0.2) is 0 Å². The molecule has 0 aromatic heterocycles. The molecule has 0 amide bonds. The zero-order valence-electron chi connectivity index (χ0n) is 7.66. The van der Waals surface area contributed by atoms with Crippen molar-refractivity contribution in [3.8, 4) is 0 Å². The van der Waals surface area contributed by atoms with Gasteiger partial charge in [0, 0.05) is 34.7 Å². The summed E-state index contributed by atoms with van der Waals surface area (Å²) in [7, 11) is 9.77. The zero-order valence-corrected chi connectivity index (χ0v) is 8.56. The lowest BCUT2D eigenvalue weighted by molar-refractivity contribution is 0.564. The second-order valence-electron chi connectivity index (χ2n) is 3.84. The Kier molecular flexibility index (Phi) is 3.63. The molecule has 0 saturated heterocycles. The fourth-order valence-electron chi connectivity index (χ4n) is 0.611. The smallest absolute Gasteiger partial charge is 0.123 e. The molecule has 0 spiro atoms. The summed E-state index contributed by atoms with van der Waals surface area (Å²) in [5.41, 5.74) is 0. The maximum Gasteiger partial charge on any atom is 0.123 e. The van der Waals surface area contributed by atoms with Crippen molar-refractivity contribution in [2.75, 3.05) is 6.66 Å². The summed E-state index contributed by atoms with van der Waals surface area (Å²) in [6.45, 7) is 7.44. The summed E-state index contributed by atoms with van der Waals surface area (Å²) in [4.78, 5) is 0. The standard InChI is InChI=1S/C5H12B4OP/c1-5(2,3)11(4,10)9(7)8-6/h1-4H3. The highest BCUT2D eigenvalue weighted by Gasteiger charge is 2.35. The molecule has 0 saturated carbocycles. The van der Waals surface area contributed by atoms with E-state index in [0.717, 1.165) is 0 Å². The van der Waals surface area contributed by atoms with Crippen molar-refractivity contribution in [3.63, 3.8) is 0 Å². The van der Waals surface area contributed by atoms with Crippen molar-refractivity contribution in [2.45, 2.75) is 25.9 Å². The molecule has 0 heterocycles. The van der Waals surface area contributed by atoms with Crippen LogP contribution in [0.25, 0.3) is 0 Å². The average molecular weight is 162 g/mol. The van der Waals surface area contributed by atoms with Crippen LogP contribution in [-0.2, 0) is 4.57 Å². The van der Waals surface area contributed by atoms with Crippen LogP contribution in [0.4, 0.5) is 0 Å². The summed E-state index contributed by atoms with van der Waals surface area (Å²) < 4.78 is 11.9. The van der Waals surface area contributed by atoms with Gasteiger partial charge in [-0.25, -0.2) is 0 Å². The summed E-state index contributed by atoms with van der Waals surface area (Å²) in [5, 5.41) is -0.262. The quantitative estimate of drug-likeness (QED) is 0.432. The third-order valence-electron chi connectivity index (χ3n) is 2.10. The van der Waals surface area contributed by atoms with Gasteiger partial charge in [-0.2, -0.15) is 0 Å². The van der Waals surface area contributed by atoms with E-state index in [2.05, 4.69) is 0 Å². The van der Waals surface area contributed by atoms with Crippen LogP contribution in [0, 0.1) is 0 Å². The van der Waals surface area contributed by atoms with E-state index in [9.17, 15) is 4.57 Å². The molecule has 6 heteroatoms. The molecule has 0 aliphatic carbocycles. The Morgan fingerprint density at radius 1 is 1.45 bits per heavy atom. The van der Waals surface area contributed by atoms with Crippen molar-refractivity contribution < 1.29 is 4.57 Å². The predicted molar refractivity (Wildman–Crippen MR) is 56.3 cm³/mol. The Hall–Kier alpha value is 0.490.